The van der Waals surface area contributed by atoms with Crippen molar-refractivity contribution in [3.63, 3.8) is 0 Å². The van der Waals surface area contributed by atoms with Crippen molar-refractivity contribution in [3.05, 3.63) is 35.1 Å². The van der Waals surface area contributed by atoms with Crippen molar-refractivity contribution in [1.29, 1.82) is 0 Å². The van der Waals surface area contributed by atoms with Crippen LogP contribution in [0, 0.1) is 12.7 Å². The minimum Gasteiger partial charge on any atom is -0.337 e. The van der Waals surface area contributed by atoms with Crippen LogP contribution in [0.15, 0.2) is 18.2 Å². The molecular formula is C12H13BrFNO. The number of benzene rings is 1. The van der Waals surface area contributed by atoms with Gasteiger partial charge in [-0.05, 0) is 31.0 Å². The quantitative estimate of drug-likeness (QED) is 0.727. The van der Waals surface area contributed by atoms with Crippen molar-refractivity contribution in [2.75, 3.05) is 13.1 Å². The van der Waals surface area contributed by atoms with Crippen molar-refractivity contribution in [2.24, 2.45) is 0 Å². The SMILES string of the molecule is Cc1ccc(F)cc1C(=O)N1CCC(Br)C1. The number of aryl methyl sites for hydroxylation is 1. The molecule has 0 N–H and O–H groups in total. The topological polar surface area (TPSA) is 20.3 Å². The summed E-state index contributed by atoms with van der Waals surface area (Å²) in [7, 11) is 0. The van der Waals surface area contributed by atoms with Gasteiger partial charge in [0.25, 0.3) is 5.91 Å². The number of hydrogen-bond donors (Lipinski definition) is 0. The smallest absolute Gasteiger partial charge is 0.254 e. The number of amides is 1. The Bertz CT molecular complexity index is 421. The molecular weight excluding hydrogens is 273 g/mol. The highest BCUT2D eigenvalue weighted by Gasteiger charge is 2.26. The Morgan fingerprint density at radius 2 is 2.31 bits per heavy atom. The van der Waals surface area contributed by atoms with Gasteiger partial charge in [0.1, 0.15) is 5.82 Å². The lowest BCUT2D eigenvalue weighted by molar-refractivity contribution is 0.0792. The summed E-state index contributed by atoms with van der Waals surface area (Å²) in [5.41, 5.74) is 1.30. The van der Waals surface area contributed by atoms with Crippen molar-refractivity contribution in [2.45, 2.75) is 18.2 Å². The lowest BCUT2D eigenvalue weighted by Gasteiger charge is -2.16. The second kappa shape index (κ2) is 4.53. The lowest BCUT2D eigenvalue weighted by atomic mass is 10.1. The van der Waals surface area contributed by atoms with Crippen LogP contribution in [0.1, 0.15) is 22.3 Å². The molecule has 1 aliphatic rings. The summed E-state index contributed by atoms with van der Waals surface area (Å²) < 4.78 is 13.1. The Labute approximate surface area is 103 Å². The number of likely N-dealkylation sites (tertiary alicyclic amines) is 1. The summed E-state index contributed by atoms with van der Waals surface area (Å²) in [5, 5.41) is 0. The Balaban J connectivity index is 2.23. The summed E-state index contributed by atoms with van der Waals surface area (Å²) in [5.74, 6) is -0.428. The Hall–Kier alpha value is -0.900. The largest absolute Gasteiger partial charge is 0.337 e. The highest BCUT2D eigenvalue weighted by Crippen LogP contribution is 2.20. The van der Waals surface area contributed by atoms with E-state index in [4.69, 9.17) is 0 Å². The van der Waals surface area contributed by atoms with Gasteiger partial charge >= 0.3 is 0 Å². The second-order valence-electron chi connectivity index (χ2n) is 4.10. The Morgan fingerprint density at radius 3 is 2.94 bits per heavy atom. The lowest BCUT2D eigenvalue weighted by Crippen LogP contribution is -2.29. The molecule has 0 bridgehead atoms. The maximum Gasteiger partial charge on any atom is 0.254 e. The molecule has 2 nitrogen and oxygen atoms in total. The maximum absolute atomic E-state index is 13.1. The first-order valence-corrected chi connectivity index (χ1v) is 6.19. The molecule has 86 valence electrons. The summed E-state index contributed by atoms with van der Waals surface area (Å²) in [4.78, 5) is 14.2. The zero-order valence-corrected chi connectivity index (χ0v) is 10.6. The fourth-order valence-corrected chi connectivity index (χ4v) is 2.45. The third kappa shape index (κ3) is 2.26. The first kappa shape index (κ1) is 11.6. The summed E-state index contributed by atoms with van der Waals surface area (Å²) >= 11 is 3.48. The van der Waals surface area contributed by atoms with E-state index in [-0.39, 0.29) is 11.7 Å². The van der Waals surface area contributed by atoms with Gasteiger partial charge in [-0.25, -0.2) is 4.39 Å². The minimum absolute atomic E-state index is 0.0704. The summed E-state index contributed by atoms with van der Waals surface area (Å²) in [6.07, 6.45) is 0.958. The van der Waals surface area contributed by atoms with Gasteiger partial charge in [0.05, 0.1) is 0 Å². The fourth-order valence-electron chi connectivity index (χ4n) is 1.90. The molecule has 1 aromatic rings. The van der Waals surface area contributed by atoms with Gasteiger partial charge in [0.2, 0.25) is 0 Å². The van der Waals surface area contributed by atoms with Crippen LogP contribution in [0.2, 0.25) is 0 Å². The number of halogens is 2. The molecule has 1 unspecified atom stereocenters. The molecule has 1 fully saturated rings. The monoisotopic (exact) mass is 285 g/mol. The average Bonchev–Trinajstić information content (AvgIpc) is 2.67. The molecule has 4 heteroatoms. The van der Waals surface area contributed by atoms with E-state index in [1.807, 2.05) is 6.92 Å². The summed E-state index contributed by atoms with van der Waals surface area (Å²) in [6, 6.07) is 4.34. The third-order valence-corrected chi connectivity index (χ3v) is 3.60. The average molecular weight is 286 g/mol. The van der Waals surface area contributed by atoms with E-state index in [0.29, 0.717) is 16.9 Å². The molecule has 0 aromatic heterocycles. The number of hydrogen-bond acceptors (Lipinski definition) is 1. The van der Waals surface area contributed by atoms with Crippen LogP contribution in [0.3, 0.4) is 0 Å². The Morgan fingerprint density at radius 1 is 1.56 bits per heavy atom. The van der Waals surface area contributed by atoms with Gasteiger partial charge in [-0.2, -0.15) is 0 Å². The molecule has 1 aliphatic heterocycles. The van der Waals surface area contributed by atoms with Gasteiger partial charge in [-0.1, -0.05) is 22.0 Å². The number of carbonyl (C=O) groups is 1. The normalized spacial score (nSPS) is 20.2. The second-order valence-corrected chi connectivity index (χ2v) is 5.39. The van der Waals surface area contributed by atoms with Gasteiger partial charge in [0.15, 0.2) is 0 Å². The number of alkyl halides is 1. The van der Waals surface area contributed by atoms with E-state index in [2.05, 4.69) is 15.9 Å². The zero-order chi connectivity index (χ0) is 11.7. The zero-order valence-electron chi connectivity index (χ0n) is 9.04. The van der Waals surface area contributed by atoms with Crippen molar-refractivity contribution < 1.29 is 9.18 Å². The van der Waals surface area contributed by atoms with Gasteiger partial charge in [-0.15, -0.1) is 0 Å². The van der Waals surface area contributed by atoms with Crippen LogP contribution in [0.4, 0.5) is 4.39 Å². The number of carbonyl (C=O) groups excluding carboxylic acids is 1. The van der Waals surface area contributed by atoms with E-state index in [1.54, 1.807) is 11.0 Å². The molecule has 1 saturated heterocycles. The molecule has 2 rings (SSSR count). The first-order chi connectivity index (χ1) is 7.58. The van der Waals surface area contributed by atoms with Crippen LogP contribution >= 0.6 is 15.9 Å². The van der Waals surface area contributed by atoms with Gasteiger partial charge in [0, 0.05) is 23.5 Å². The van der Waals surface area contributed by atoms with Crippen LogP contribution in [-0.4, -0.2) is 28.7 Å². The minimum atomic E-state index is -0.358. The van der Waals surface area contributed by atoms with E-state index < -0.39 is 0 Å². The third-order valence-electron chi connectivity index (χ3n) is 2.85. The predicted molar refractivity (Wildman–Crippen MR) is 64.4 cm³/mol. The number of rotatable bonds is 1. The van der Waals surface area contributed by atoms with Crippen LogP contribution in [0.5, 0.6) is 0 Å². The van der Waals surface area contributed by atoms with Crippen LogP contribution in [-0.2, 0) is 0 Å². The highest BCUT2D eigenvalue weighted by atomic mass is 79.9. The Kier molecular flexibility index (Phi) is 3.28. The summed E-state index contributed by atoms with van der Waals surface area (Å²) in [6.45, 7) is 3.27. The van der Waals surface area contributed by atoms with E-state index in [1.165, 1.54) is 12.1 Å². The molecule has 1 aromatic carbocycles. The number of nitrogens with zero attached hydrogens (tertiary/aromatic N) is 1. The molecule has 0 aliphatic carbocycles. The van der Waals surface area contributed by atoms with Gasteiger partial charge in [-0.3, -0.25) is 4.79 Å². The van der Waals surface area contributed by atoms with Gasteiger partial charge < -0.3 is 4.90 Å². The molecule has 0 spiro atoms. The van der Waals surface area contributed by atoms with Crippen molar-refractivity contribution in [3.8, 4) is 0 Å². The van der Waals surface area contributed by atoms with E-state index >= 15 is 0 Å². The predicted octanol–water partition coefficient (Wildman–Crippen LogP) is 2.74. The maximum atomic E-state index is 13.1. The first-order valence-electron chi connectivity index (χ1n) is 5.27. The van der Waals surface area contributed by atoms with Crippen LogP contribution in [0.25, 0.3) is 0 Å². The highest BCUT2D eigenvalue weighted by molar-refractivity contribution is 9.09. The fraction of sp³-hybridized carbons (Fsp3) is 0.417. The molecule has 16 heavy (non-hydrogen) atoms. The van der Waals surface area contributed by atoms with E-state index in [9.17, 15) is 9.18 Å². The molecule has 1 heterocycles. The molecule has 1 atom stereocenters. The van der Waals surface area contributed by atoms with Crippen LogP contribution < -0.4 is 0 Å². The van der Waals surface area contributed by atoms with E-state index in [0.717, 1.165) is 18.5 Å². The molecule has 0 saturated carbocycles. The van der Waals surface area contributed by atoms with Crippen molar-refractivity contribution >= 4 is 21.8 Å². The standard InChI is InChI=1S/C12H13BrFNO/c1-8-2-3-10(14)6-11(8)12(16)15-5-4-9(13)7-15/h2-3,6,9H,4-5,7H2,1H3. The molecule has 0 radical (unpaired) electrons. The molecule has 1 amide bonds. The van der Waals surface area contributed by atoms with Crippen molar-refractivity contribution in [1.82, 2.24) is 4.90 Å².